The molecule has 0 saturated heterocycles. The van der Waals surface area contributed by atoms with Crippen LogP contribution >= 0.6 is 11.8 Å². The van der Waals surface area contributed by atoms with Gasteiger partial charge in [-0.15, -0.1) is 0 Å². The third kappa shape index (κ3) is 10.5. The molecule has 4 amide bonds. The van der Waals surface area contributed by atoms with E-state index in [4.69, 9.17) is 11.5 Å². The summed E-state index contributed by atoms with van der Waals surface area (Å²) in [6.45, 7) is 3.34. The van der Waals surface area contributed by atoms with Crippen molar-refractivity contribution in [3.05, 3.63) is 29.8 Å². The predicted octanol–water partition coefficient (Wildman–Crippen LogP) is -0.914. The Bertz CT molecular complexity index is 926. The second kappa shape index (κ2) is 14.9. The highest BCUT2D eigenvalue weighted by Crippen LogP contribution is 2.11. The molecular weight excluding hydrogens is 490 g/mol. The van der Waals surface area contributed by atoms with Crippen molar-refractivity contribution in [1.82, 2.24) is 16.0 Å². The van der Waals surface area contributed by atoms with Gasteiger partial charge in [-0.1, -0.05) is 26.0 Å². The van der Waals surface area contributed by atoms with Crippen LogP contribution in [0.3, 0.4) is 0 Å². The van der Waals surface area contributed by atoms with Crippen LogP contribution in [-0.4, -0.2) is 76.0 Å². The molecule has 0 heterocycles. The van der Waals surface area contributed by atoms with Crippen LogP contribution in [0.1, 0.15) is 32.3 Å². The van der Waals surface area contributed by atoms with Gasteiger partial charge in [-0.25, -0.2) is 4.79 Å². The number of phenols is 1. The molecule has 12 nitrogen and oxygen atoms in total. The largest absolute Gasteiger partial charge is 0.508 e. The van der Waals surface area contributed by atoms with Crippen molar-refractivity contribution in [3.63, 3.8) is 0 Å². The Kier molecular flexibility index (Phi) is 12.7. The number of primary amides is 1. The quantitative estimate of drug-likeness (QED) is 0.151. The molecule has 200 valence electrons. The molecule has 0 aliphatic heterocycles. The van der Waals surface area contributed by atoms with E-state index in [2.05, 4.69) is 16.0 Å². The Morgan fingerprint density at radius 2 is 1.53 bits per heavy atom. The molecule has 0 spiro atoms. The first-order valence-corrected chi connectivity index (χ1v) is 12.7. The maximum Gasteiger partial charge on any atom is 0.326 e. The number of carboxylic acid groups (broad SMARTS) is 1. The van der Waals surface area contributed by atoms with Crippen LogP contribution in [-0.2, 0) is 30.4 Å². The molecule has 13 heteroatoms. The fraction of sp³-hybridized carbons (Fsp3) is 0.522. The van der Waals surface area contributed by atoms with Gasteiger partial charge in [0.05, 0.1) is 12.5 Å². The van der Waals surface area contributed by atoms with Crippen molar-refractivity contribution in [1.29, 1.82) is 0 Å². The van der Waals surface area contributed by atoms with Crippen LogP contribution in [0.25, 0.3) is 0 Å². The molecule has 0 aliphatic rings. The molecule has 1 rings (SSSR count). The number of hydrogen-bond acceptors (Lipinski definition) is 8. The van der Waals surface area contributed by atoms with Gasteiger partial charge in [0.15, 0.2) is 0 Å². The molecule has 36 heavy (non-hydrogen) atoms. The number of thioether (sulfide) groups is 1. The SMILES string of the molecule is CSCCC(NC(=O)C(CC(N)=O)NC(=O)C(NC(=O)C(N)Cc1ccc(O)cc1)C(C)C)C(=O)O. The summed E-state index contributed by atoms with van der Waals surface area (Å²) >= 11 is 1.40. The minimum atomic E-state index is -1.44. The smallest absolute Gasteiger partial charge is 0.326 e. The molecule has 0 aliphatic carbocycles. The topological polar surface area (TPSA) is 214 Å². The Labute approximate surface area is 213 Å². The highest BCUT2D eigenvalue weighted by atomic mass is 32.2. The molecule has 1 aromatic rings. The molecule has 1 aromatic carbocycles. The predicted molar refractivity (Wildman–Crippen MR) is 135 cm³/mol. The fourth-order valence-electron chi connectivity index (χ4n) is 3.21. The average molecular weight is 526 g/mol. The van der Waals surface area contributed by atoms with Gasteiger partial charge >= 0.3 is 5.97 Å². The van der Waals surface area contributed by atoms with Crippen molar-refractivity contribution in [3.8, 4) is 5.75 Å². The summed E-state index contributed by atoms with van der Waals surface area (Å²) in [6.07, 6.45) is 1.51. The minimum Gasteiger partial charge on any atom is -0.508 e. The normalized spacial score (nSPS) is 14.2. The summed E-state index contributed by atoms with van der Waals surface area (Å²) in [7, 11) is 0. The molecule has 0 bridgehead atoms. The lowest BCUT2D eigenvalue weighted by atomic mass is 10.0. The Morgan fingerprint density at radius 3 is 2.03 bits per heavy atom. The zero-order valence-electron chi connectivity index (χ0n) is 20.5. The first-order chi connectivity index (χ1) is 16.8. The van der Waals surface area contributed by atoms with E-state index in [1.54, 1.807) is 32.2 Å². The molecule has 9 N–H and O–H groups in total. The lowest BCUT2D eigenvalue weighted by Gasteiger charge is -2.26. The first kappa shape index (κ1) is 30.7. The van der Waals surface area contributed by atoms with Crippen molar-refractivity contribution in [2.75, 3.05) is 12.0 Å². The van der Waals surface area contributed by atoms with E-state index in [1.807, 2.05) is 0 Å². The van der Waals surface area contributed by atoms with E-state index in [9.17, 15) is 34.2 Å². The van der Waals surface area contributed by atoms with E-state index in [0.717, 1.165) is 0 Å². The maximum atomic E-state index is 13.0. The van der Waals surface area contributed by atoms with Crippen LogP contribution in [0, 0.1) is 5.92 Å². The number of nitrogens with one attached hydrogen (secondary N) is 3. The summed E-state index contributed by atoms with van der Waals surface area (Å²) in [5.41, 5.74) is 11.9. The van der Waals surface area contributed by atoms with E-state index >= 15 is 0 Å². The molecule has 0 saturated carbocycles. The number of hydrogen-bond donors (Lipinski definition) is 7. The Hall–Kier alpha value is -3.32. The molecule has 4 atom stereocenters. The summed E-state index contributed by atoms with van der Waals surface area (Å²) in [4.78, 5) is 61.3. The third-order valence-electron chi connectivity index (χ3n) is 5.24. The van der Waals surface area contributed by atoms with Crippen molar-refractivity contribution in [2.24, 2.45) is 17.4 Å². The monoisotopic (exact) mass is 525 g/mol. The summed E-state index contributed by atoms with van der Waals surface area (Å²) in [5.74, 6) is -4.26. The van der Waals surface area contributed by atoms with Gasteiger partial charge in [-0.05, 0) is 48.5 Å². The lowest BCUT2D eigenvalue weighted by Crippen LogP contribution is -2.59. The molecular formula is C23H35N5O7S. The Morgan fingerprint density at radius 1 is 0.944 bits per heavy atom. The van der Waals surface area contributed by atoms with Crippen LogP contribution in [0.2, 0.25) is 0 Å². The second-order valence-corrected chi connectivity index (χ2v) is 9.61. The number of benzene rings is 1. The standard InChI is InChI=1S/C23H35N5O7S/c1-12(2)19(28-20(31)15(24)10-13-4-6-14(29)7-5-13)22(33)27-17(11-18(25)30)21(32)26-16(23(34)35)8-9-36-3/h4-7,12,15-17,19,29H,8-11,24H2,1-3H3,(H2,25,30)(H,26,32)(H,27,33)(H,28,31)(H,34,35). The number of phenolic OH excluding ortho intramolecular Hbond substituents is 1. The number of carbonyl (C=O) groups excluding carboxylic acids is 4. The number of carboxylic acids is 1. The van der Waals surface area contributed by atoms with Crippen LogP contribution in [0.15, 0.2) is 24.3 Å². The van der Waals surface area contributed by atoms with Gasteiger partial charge in [0.2, 0.25) is 23.6 Å². The van der Waals surface area contributed by atoms with Crippen LogP contribution in [0.5, 0.6) is 5.75 Å². The third-order valence-corrected chi connectivity index (χ3v) is 5.88. The molecule has 0 fully saturated rings. The number of amides is 4. The second-order valence-electron chi connectivity index (χ2n) is 8.62. The van der Waals surface area contributed by atoms with Gasteiger partial charge in [-0.3, -0.25) is 19.2 Å². The molecule has 0 radical (unpaired) electrons. The van der Waals surface area contributed by atoms with Gasteiger partial charge in [-0.2, -0.15) is 11.8 Å². The summed E-state index contributed by atoms with van der Waals surface area (Å²) in [6, 6.07) is 1.41. The van der Waals surface area contributed by atoms with Crippen molar-refractivity contribution >= 4 is 41.4 Å². The zero-order chi connectivity index (χ0) is 27.4. The average Bonchev–Trinajstić information content (AvgIpc) is 2.79. The molecule has 4 unspecified atom stereocenters. The van der Waals surface area contributed by atoms with Gasteiger partial charge in [0.1, 0.15) is 23.9 Å². The highest BCUT2D eigenvalue weighted by Gasteiger charge is 2.32. The van der Waals surface area contributed by atoms with Crippen molar-refractivity contribution in [2.45, 2.75) is 57.3 Å². The van der Waals surface area contributed by atoms with E-state index < -0.39 is 66.1 Å². The van der Waals surface area contributed by atoms with Crippen molar-refractivity contribution < 1.29 is 34.2 Å². The van der Waals surface area contributed by atoms with E-state index in [0.29, 0.717) is 11.3 Å². The maximum absolute atomic E-state index is 13.0. The minimum absolute atomic E-state index is 0.0711. The Balaban J connectivity index is 2.91. The lowest BCUT2D eigenvalue weighted by molar-refractivity contribution is -0.142. The number of carbonyl (C=O) groups is 5. The fourth-order valence-corrected chi connectivity index (χ4v) is 3.68. The highest BCUT2D eigenvalue weighted by molar-refractivity contribution is 7.98. The van der Waals surface area contributed by atoms with E-state index in [-0.39, 0.29) is 18.6 Å². The number of aliphatic carboxylic acids is 1. The molecule has 0 aromatic heterocycles. The summed E-state index contributed by atoms with van der Waals surface area (Å²) in [5, 5.41) is 26.0. The van der Waals surface area contributed by atoms with Crippen LogP contribution in [0.4, 0.5) is 0 Å². The van der Waals surface area contributed by atoms with Gasteiger partial charge in [0.25, 0.3) is 0 Å². The number of aromatic hydroxyl groups is 1. The first-order valence-electron chi connectivity index (χ1n) is 11.3. The van der Waals surface area contributed by atoms with Gasteiger partial charge in [0, 0.05) is 0 Å². The number of nitrogens with two attached hydrogens (primary N) is 2. The number of rotatable bonds is 15. The summed E-state index contributed by atoms with van der Waals surface area (Å²) < 4.78 is 0. The zero-order valence-corrected chi connectivity index (χ0v) is 21.3. The van der Waals surface area contributed by atoms with Crippen LogP contribution < -0.4 is 27.4 Å². The van der Waals surface area contributed by atoms with E-state index in [1.165, 1.54) is 23.9 Å². The van der Waals surface area contributed by atoms with Gasteiger partial charge < -0.3 is 37.6 Å².